The predicted molar refractivity (Wildman–Crippen MR) is 171 cm³/mol. The predicted octanol–water partition coefficient (Wildman–Crippen LogP) is 6.28. The first-order chi connectivity index (χ1) is 22.7. The molecular weight excluding hydrogens is 607 g/mol. The fourth-order valence-corrected chi connectivity index (χ4v) is 6.88. The summed E-state index contributed by atoms with van der Waals surface area (Å²) < 4.78 is 47.4. The van der Waals surface area contributed by atoms with Crippen LogP contribution < -0.4 is 9.80 Å². The molecule has 8 nitrogen and oxygen atoms in total. The van der Waals surface area contributed by atoms with E-state index >= 15 is 0 Å². The number of piperazine rings is 1. The number of hydrogen-bond acceptors (Lipinski definition) is 7. The number of carbonyl (C=O) groups is 2. The summed E-state index contributed by atoms with van der Waals surface area (Å²) in [4.78, 5) is 40.5. The van der Waals surface area contributed by atoms with E-state index in [1.165, 1.54) is 11.8 Å². The summed E-state index contributed by atoms with van der Waals surface area (Å²) >= 11 is 0. The second-order valence-corrected chi connectivity index (χ2v) is 12.7. The van der Waals surface area contributed by atoms with Crippen LogP contribution in [0.4, 0.5) is 25.0 Å². The van der Waals surface area contributed by atoms with Gasteiger partial charge < -0.3 is 19.1 Å². The number of anilines is 2. The highest BCUT2D eigenvalue weighted by Gasteiger charge is 2.53. The zero-order valence-electron chi connectivity index (χ0n) is 26.0. The minimum absolute atomic E-state index is 0.172. The molecule has 2 aliphatic heterocycles. The molecule has 3 fully saturated rings. The van der Waals surface area contributed by atoms with E-state index in [1.807, 2.05) is 53.4 Å². The molecule has 244 valence electrons. The number of aromatic nitrogens is 2. The third-order valence-corrected chi connectivity index (χ3v) is 9.72. The van der Waals surface area contributed by atoms with Crippen LogP contribution in [0, 0.1) is 0 Å². The van der Waals surface area contributed by atoms with Crippen molar-refractivity contribution in [3.63, 3.8) is 0 Å². The minimum atomic E-state index is -4.83. The van der Waals surface area contributed by atoms with Crippen molar-refractivity contribution in [1.29, 1.82) is 0 Å². The molecule has 1 aliphatic carbocycles. The highest BCUT2D eigenvalue weighted by Crippen LogP contribution is 2.49. The Balaban J connectivity index is 0.967. The first-order valence-corrected chi connectivity index (χ1v) is 16.2. The van der Waals surface area contributed by atoms with Gasteiger partial charge in [0.2, 0.25) is 17.5 Å². The smallest absolute Gasteiger partial charge is 0.420 e. The largest absolute Gasteiger partial charge is 0.437 e. The number of rotatable bonds is 8. The number of ketones is 1. The normalized spacial score (nSPS) is 18.3. The maximum absolute atomic E-state index is 14.0. The van der Waals surface area contributed by atoms with Crippen LogP contribution in [0.5, 0.6) is 0 Å². The SMILES string of the molecule is O=C(Cc1ccc(N2CCN(C(=O)C3(c4ccccc4)CC3)CC2)nc1)c1oc(N2CCC(c3ccccc3)CC2)nc1C(F)(F)F. The van der Waals surface area contributed by atoms with E-state index in [-0.39, 0.29) is 18.3 Å². The van der Waals surface area contributed by atoms with Gasteiger partial charge in [-0.2, -0.15) is 18.2 Å². The standard InChI is InChI=1S/C36H36F3N5O3/c37-36(38,39)32-31(47-34(41-32)44-17-13-27(14-18-44)26-7-3-1-4-8-26)29(45)23-25-11-12-30(40-24-25)42-19-21-43(22-20-42)33(46)35(15-16-35)28-9-5-2-6-10-28/h1-12,24,27H,13-23H2. The van der Waals surface area contributed by atoms with Crippen LogP contribution in [0.3, 0.4) is 0 Å². The Morgan fingerprint density at radius 3 is 2.09 bits per heavy atom. The molecule has 1 amide bonds. The quantitative estimate of drug-likeness (QED) is 0.209. The van der Waals surface area contributed by atoms with Gasteiger partial charge in [0.15, 0.2) is 5.69 Å². The number of amides is 1. The third kappa shape index (κ3) is 6.35. The Morgan fingerprint density at radius 2 is 1.49 bits per heavy atom. The average molecular weight is 644 g/mol. The lowest BCUT2D eigenvalue weighted by Crippen LogP contribution is -2.51. The van der Waals surface area contributed by atoms with Crippen molar-refractivity contribution < 1.29 is 27.2 Å². The number of Topliss-reactive ketones (excluding diaryl/α,β-unsaturated/α-hetero) is 1. The van der Waals surface area contributed by atoms with Crippen LogP contribution in [0.15, 0.2) is 83.4 Å². The van der Waals surface area contributed by atoms with Crippen LogP contribution in [0.2, 0.25) is 0 Å². The van der Waals surface area contributed by atoms with Gasteiger partial charge in [0, 0.05) is 51.9 Å². The van der Waals surface area contributed by atoms with E-state index in [2.05, 4.69) is 27.0 Å². The number of carbonyl (C=O) groups excluding carboxylic acids is 2. The first kappa shape index (κ1) is 31.0. The van der Waals surface area contributed by atoms with Gasteiger partial charge in [-0.1, -0.05) is 66.7 Å². The second-order valence-electron chi connectivity index (χ2n) is 12.7. The van der Waals surface area contributed by atoms with Crippen LogP contribution in [0.25, 0.3) is 0 Å². The lowest BCUT2D eigenvalue weighted by Gasteiger charge is -2.37. The number of oxazole rings is 1. The number of alkyl halides is 3. The van der Waals surface area contributed by atoms with E-state index in [4.69, 9.17) is 4.42 Å². The van der Waals surface area contributed by atoms with Gasteiger partial charge in [0.25, 0.3) is 6.01 Å². The van der Waals surface area contributed by atoms with Gasteiger partial charge in [-0.15, -0.1) is 0 Å². The summed E-state index contributed by atoms with van der Waals surface area (Å²) in [6.45, 7) is 3.33. The Bertz CT molecular complexity index is 1710. The fourth-order valence-electron chi connectivity index (χ4n) is 6.88. The van der Waals surface area contributed by atoms with Gasteiger partial charge in [0.1, 0.15) is 5.82 Å². The van der Waals surface area contributed by atoms with Crippen molar-refractivity contribution in [1.82, 2.24) is 14.9 Å². The number of hydrogen-bond donors (Lipinski definition) is 0. The molecule has 2 saturated heterocycles. The van der Waals surface area contributed by atoms with E-state index in [0.717, 1.165) is 31.2 Å². The Hall–Kier alpha value is -4.67. The summed E-state index contributed by atoms with van der Waals surface area (Å²) in [6, 6.07) is 23.3. The first-order valence-electron chi connectivity index (χ1n) is 16.2. The molecule has 47 heavy (non-hydrogen) atoms. The van der Waals surface area contributed by atoms with Crippen molar-refractivity contribution in [2.24, 2.45) is 0 Å². The van der Waals surface area contributed by atoms with E-state index in [9.17, 15) is 22.8 Å². The van der Waals surface area contributed by atoms with Crippen LogP contribution >= 0.6 is 0 Å². The van der Waals surface area contributed by atoms with Gasteiger partial charge >= 0.3 is 6.18 Å². The van der Waals surface area contributed by atoms with Crippen molar-refractivity contribution >= 4 is 23.5 Å². The Labute approximate surface area is 271 Å². The third-order valence-electron chi connectivity index (χ3n) is 9.72. The van der Waals surface area contributed by atoms with E-state index in [1.54, 1.807) is 17.0 Å². The highest BCUT2D eigenvalue weighted by atomic mass is 19.4. The van der Waals surface area contributed by atoms with Gasteiger partial charge in [-0.05, 0) is 54.4 Å². The molecule has 2 aromatic heterocycles. The zero-order valence-corrected chi connectivity index (χ0v) is 26.0. The zero-order chi connectivity index (χ0) is 32.6. The molecule has 7 rings (SSSR count). The molecule has 0 N–H and O–H groups in total. The van der Waals surface area contributed by atoms with Crippen molar-refractivity contribution in [2.75, 3.05) is 49.1 Å². The summed E-state index contributed by atoms with van der Waals surface area (Å²) in [7, 11) is 0. The molecule has 0 bridgehead atoms. The summed E-state index contributed by atoms with van der Waals surface area (Å²) in [5, 5.41) is 0. The summed E-state index contributed by atoms with van der Waals surface area (Å²) in [5.41, 5.74) is 1.06. The lowest BCUT2D eigenvalue weighted by atomic mass is 9.90. The maximum Gasteiger partial charge on any atom is 0.437 e. The summed E-state index contributed by atoms with van der Waals surface area (Å²) in [5.74, 6) is -0.400. The highest BCUT2D eigenvalue weighted by molar-refractivity contribution is 5.96. The monoisotopic (exact) mass is 643 g/mol. The van der Waals surface area contributed by atoms with Crippen LogP contribution in [-0.2, 0) is 22.8 Å². The molecule has 4 aromatic rings. The number of benzene rings is 2. The maximum atomic E-state index is 14.0. The number of pyridine rings is 1. The fraction of sp³-hybridized carbons (Fsp3) is 0.389. The minimum Gasteiger partial charge on any atom is -0.420 e. The van der Waals surface area contributed by atoms with Crippen molar-refractivity contribution in [2.45, 2.75) is 49.6 Å². The Kier molecular flexibility index (Phi) is 8.23. The van der Waals surface area contributed by atoms with Gasteiger partial charge in [-0.3, -0.25) is 9.59 Å². The van der Waals surface area contributed by atoms with Crippen LogP contribution in [0.1, 0.15) is 64.5 Å². The van der Waals surface area contributed by atoms with E-state index in [0.29, 0.717) is 56.6 Å². The lowest BCUT2D eigenvalue weighted by molar-refractivity contribution is -0.141. The van der Waals surface area contributed by atoms with E-state index < -0.39 is 28.8 Å². The van der Waals surface area contributed by atoms with Gasteiger partial charge in [-0.25, -0.2) is 4.98 Å². The molecule has 0 radical (unpaired) electrons. The molecule has 4 heterocycles. The van der Waals surface area contributed by atoms with Crippen molar-refractivity contribution in [3.05, 3.63) is 107 Å². The van der Waals surface area contributed by atoms with Crippen molar-refractivity contribution in [3.8, 4) is 0 Å². The average Bonchev–Trinajstić information content (AvgIpc) is 3.79. The number of nitrogens with zero attached hydrogens (tertiary/aromatic N) is 5. The molecule has 0 spiro atoms. The number of piperidine rings is 1. The van der Waals surface area contributed by atoms with Gasteiger partial charge in [0.05, 0.1) is 5.41 Å². The summed E-state index contributed by atoms with van der Waals surface area (Å²) in [6.07, 6.45) is -0.399. The molecule has 0 unspecified atom stereocenters. The molecule has 1 saturated carbocycles. The Morgan fingerprint density at radius 1 is 0.830 bits per heavy atom. The topological polar surface area (TPSA) is 82.8 Å². The molecule has 0 atom stereocenters. The number of halogens is 3. The molecule has 3 aliphatic rings. The second kappa shape index (κ2) is 12.5. The molecule has 2 aromatic carbocycles. The molecule has 11 heteroatoms. The van der Waals surface area contributed by atoms with Crippen LogP contribution in [-0.4, -0.2) is 65.8 Å². The molecular formula is C36H36F3N5O3.